The molecular weight excluding hydrogens is 700 g/mol. The second-order valence-corrected chi connectivity index (χ2v) is 15.3. The lowest BCUT2D eigenvalue weighted by atomic mass is 9.59. The third-order valence-electron chi connectivity index (χ3n) is 11.5. The van der Waals surface area contributed by atoms with Crippen molar-refractivity contribution in [2.45, 2.75) is 114 Å². The van der Waals surface area contributed by atoms with Gasteiger partial charge < -0.3 is 63.4 Å². The van der Waals surface area contributed by atoms with Crippen molar-refractivity contribution in [2.24, 2.45) is 29.1 Å². The lowest BCUT2D eigenvalue weighted by Gasteiger charge is -2.50. The van der Waals surface area contributed by atoms with Crippen LogP contribution in [0.5, 0.6) is 5.75 Å². The molecule has 1 aromatic rings. The maximum atomic E-state index is 13.5. The molecule has 16 nitrogen and oxygen atoms in total. The lowest BCUT2D eigenvalue weighted by Crippen LogP contribution is -2.63. The van der Waals surface area contributed by atoms with Gasteiger partial charge in [0.1, 0.15) is 41.7 Å². The molecular formula is C37H54O16. The minimum atomic E-state index is -1.84. The molecule has 2 heterocycles. The fraction of sp³-hybridized carbons (Fsp3) is 0.757. The van der Waals surface area contributed by atoms with Gasteiger partial charge in [-0.15, -0.1) is 0 Å². The second-order valence-electron chi connectivity index (χ2n) is 15.3. The van der Waals surface area contributed by atoms with E-state index in [-0.39, 0.29) is 30.4 Å². The summed E-state index contributed by atoms with van der Waals surface area (Å²) < 4.78 is 45.5. The molecule has 0 bridgehead atoms. The lowest BCUT2D eigenvalue weighted by molar-refractivity contribution is -0.333. The molecule has 5 N–H and O–H groups in total. The van der Waals surface area contributed by atoms with Crippen molar-refractivity contribution in [3.05, 3.63) is 29.8 Å². The van der Waals surface area contributed by atoms with Gasteiger partial charge in [0.25, 0.3) is 0 Å². The van der Waals surface area contributed by atoms with Crippen molar-refractivity contribution in [1.82, 2.24) is 0 Å². The number of methoxy groups -OCH3 is 2. The van der Waals surface area contributed by atoms with Crippen LogP contribution >= 0.6 is 0 Å². The number of carbonyl (C=O) groups excluding carboxylic acids is 3. The molecule has 2 aliphatic heterocycles. The summed E-state index contributed by atoms with van der Waals surface area (Å²) in [5.41, 5.74) is -2.64. The normalized spacial score (nSPS) is 39.1. The zero-order chi connectivity index (χ0) is 38.8. The first-order valence-electron chi connectivity index (χ1n) is 18.1. The molecule has 2 saturated heterocycles. The van der Waals surface area contributed by atoms with Crippen molar-refractivity contribution in [1.29, 1.82) is 0 Å². The molecule has 16 heteroatoms. The predicted molar refractivity (Wildman–Crippen MR) is 181 cm³/mol. The first-order valence-corrected chi connectivity index (χ1v) is 18.1. The molecule has 2 aliphatic carbocycles. The van der Waals surface area contributed by atoms with Crippen LogP contribution in [-0.4, -0.2) is 138 Å². The third-order valence-corrected chi connectivity index (χ3v) is 11.5. The van der Waals surface area contributed by atoms with Crippen LogP contribution in [-0.2, 0) is 42.7 Å². The van der Waals surface area contributed by atoms with E-state index in [4.69, 9.17) is 37.9 Å². The van der Waals surface area contributed by atoms with Gasteiger partial charge in [0.15, 0.2) is 18.7 Å². The molecule has 4 aliphatic rings. The van der Waals surface area contributed by atoms with Crippen LogP contribution in [0.3, 0.4) is 0 Å². The zero-order valence-corrected chi connectivity index (χ0v) is 31.0. The first kappa shape index (κ1) is 41.2. The topological polar surface area (TPSA) is 226 Å². The zero-order valence-electron chi connectivity index (χ0n) is 31.0. The van der Waals surface area contributed by atoms with Crippen LogP contribution in [0.4, 0.5) is 0 Å². The van der Waals surface area contributed by atoms with E-state index >= 15 is 0 Å². The van der Waals surface area contributed by atoms with E-state index in [2.05, 4.69) is 0 Å². The van der Waals surface area contributed by atoms with Gasteiger partial charge in [0, 0.05) is 5.41 Å². The van der Waals surface area contributed by atoms with E-state index in [1.165, 1.54) is 31.4 Å². The molecule has 0 aromatic heterocycles. The Hall–Kier alpha value is -2.93. The predicted octanol–water partition coefficient (Wildman–Crippen LogP) is 0.713. The Morgan fingerprint density at radius 3 is 2.21 bits per heavy atom. The van der Waals surface area contributed by atoms with Gasteiger partial charge in [0.2, 0.25) is 0 Å². The highest BCUT2D eigenvalue weighted by Crippen LogP contribution is 2.61. The quantitative estimate of drug-likeness (QED) is 0.146. The molecule has 0 amide bonds. The van der Waals surface area contributed by atoms with Gasteiger partial charge in [-0.05, 0) is 68.7 Å². The molecule has 2 saturated carbocycles. The summed E-state index contributed by atoms with van der Waals surface area (Å²) in [6, 6.07) is 5.94. The van der Waals surface area contributed by atoms with Crippen molar-refractivity contribution in [3.8, 4) is 5.75 Å². The Labute approximate surface area is 308 Å². The van der Waals surface area contributed by atoms with Crippen LogP contribution in [0.15, 0.2) is 24.3 Å². The van der Waals surface area contributed by atoms with Crippen molar-refractivity contribution >= 4 is 17.9 Å². The summed E-state index contributed by atoms with van der Waals surface area (Å²) in [6.07, 6.45) is -11.2. The van der Waals surface area contributed by atoms with Gasteiger partial charge in [-0.2, -0.15) is 0 Å². The number of benzene rings is 1. The summed E-state index contributed by atoms with van der Waals surface area (Å²) in [6.45, 7) is 6.50. The monoisotopic (exact) mass is 754 g/mol. The number of carbonyl (C=O) groups is 3. The second kappa shape index (κ2) is 16.8. The number of esters is 3. The summed E-state index contributed by atoms with van der Waals surface area (Å²) >= 11 is 0. The van der Waals surface area contributed by atoms with Crippen molar-refractivity contribution in [3.63, 3.8) is 0 Å². The molecule has 0 radical (unpaired) electrons. The third kappa shape index (κ3) is 8.21. The van der Waals surface area contributed by atoms with Gasteiger partial charge in [-0.3, -0.25) is 9.59 Å². The Balaban J connectivity index is 1.42. The smallest absolute Gasteiger partial charge is 0.338 e. The SMILES string of the molecule is COC(=O)[C@H]1[C@H](O[C@H]2C[C@H]3C[C@@H](O)CC[C@]3(C)[C@@]2(O)[C@@H](C)C(=O)OCC(C)C)OC[C@H](O)[C@@H]1O[C@@H]1OC[C@@H](O)[C@H](O)[C@H]1OC(=O)c1ccc(OC)cc1. The Kier molecular flexibility index (Phi) is 13.1. The molecule has 0 unspecified atom stereocenters. The highest BCUT2D eigenvalue weighted by Gasteiger charge is 2.68. The van der Waals surface area contributed by atoms with E-state index in [9.17, 15) is 39.9 Å². The molecule has 1 aromatic carbocycles. The van der Waals surface area contributed by atoms with Gasteiger partial charge >= 0.3 is 17.9 Å². The molecule has 4 fully saturated rings. The number of aliphatic hydroxyl groups is 5. The van der Waals surface area contributed by atoms with E-state index in [1.807, 2.05) is 20.8 Å². The number of rotatable bonds is 12. The van der Waals surface area contributed by atoms with Gasteiger partial charge in [0.05, 0.1) is 57.7 Å². The molecule has 298 valence electrons. The molecule has 5 rings (SSSR count). The van der Waals surface area contributed by atoms with Gasteiger partial charge in [-0.25, -0.2) is 4.79 Å². The molecule has 0 spiro atoms. The number of fused-ring (bicyclic) bond motifs is 1. The van der Waals surface area contributed by atoms with E-state index in [1.54, 1.807) is 6.92 Å². The Morgan fingerprint density at radius 2 is 1.57 bits per heavy atom. The summed E-state index contributed by atoms with van der Waals surface area (Å²) in [7, 11) is 2.58. The van der Waals surface area contributed by atoms with Crippen molar-refractivity contribution < 1.29 is 77.8 Å². The number of hydrogen-bond acceptors (Lipinski definition) is 16. The number of ether oxygens (including phenoxy) is 8. The fourth-order valence-corrected chi connectivity index (χ4v) is 8.26. The summed E-state index contributed by atoms with van der Waals surface area (Å²) in [5, 5.41) is 55.8. The number of hydrogen-bond donors (Lipinski definition) is 5. The largest absolute Gasteiger partial charge is 0.497 e. The highest BCUT2D eigenvalue weighted by atomic mass is 16.7. The first-order chi connectivity index (χ1) is 25.0. The van der Waals surface area contributed by atoms with Crippen LogP contribution in [0.2, 0.25) is 0 Å². The molecule has 14 atom stereocenters. The van der Waals surface area contributed by atoms with Crippen LogP contribution in [0.25, 0.3) is 0 Å². The average Bonchev–Trinajstić information content (AvgIpc) is 3.36. The fourth-order valence-electron chi connectivity index (χ4n) is 8.26. The summed E-state index contributed by atoms with van der Waals surface area (Å²) in [5.74, 6) is -4.78. The highest BCUT2D eigenvalue weighted by molar-refractivity contribution is 5.89. The summed E-state index contributed by atoms with van der Waals surface area (Å²) in [4.78, 5) is 40.1. The van der Waals surface area contributed by atoms with E-state index in [0.29, 0.717) is 25.0 Å². The Morgan fingerprint density at radius 1 is 0.906 bits per heavy atom. The minimum absolute atomic E-state index is 0.0486. The van der Waals surface area contributed by atoms with Crippen LogP contribution in [0, 0.1) is 29.1 Å². The van der Waals surface area contributed by atoms with Crippen LogP contribution < -0.4 is 4.74 Å². The van der Waals surface area contributed by atoms with Gasteiger partial charge in [-0.1, -0.05) is 20.8 Å². The number of aliphatic hydroxyl groups excluding tert-OH is 4. The standard InChI is InChI=1S/C37H54O16/c1-18(2)15-48-31(42)19(3)37(45)26(14-21-13-22(38)11-12-36(21,37)4)51-34-27(33(44)47-6)29(25(40)17-49-34)53-35-30(28(41)24(39)16-50-35)52-32(43)20-7-9-23(46-5)10-8-20/h7-10,18-19,21-22,24-30,34-35,38-41,45H,11-17H2,1-6H3/t19-,21+,22-,24+,25-,26-,27-,28-,29-,30+,34-,35-,36-,37+/m0/s1. The van der Waals surface area contributed by atoms with E-state index < -0.39 is 109 Å². The van der Waals surface area contributed by atoms with E-state index in [0.717, 1.165) is 7.11 Å². The molecule has 53 heavy (non-hydrogen) atoms. The van der Waals surface area contributed by atoms with Crippen molar-refractivity contribution in [2.75, 3.05) is 34.0 Å². The Bertz CT molecular complexity index is 1420. The van der Waals surface area contributed by atoms with Crippen LogP contribution in [0.1, 0.15) is 63.7 Å². The maximum absolute atomic E-state index is 13.5. The maximum Gasteiger partial charge on any atom is 0.338 e. The minimum Gasteiger partial charge on any atom is -0.497 e. The average molecular weight is 755 g/mol.